The van der Waals surface area contributed by atoms with Gasteiger partial charge in [0.2, 0.25) is 0 Å². The number of carbonyl (C=O) groups excluding carboxylic acids is 1. The van der Waals surface area contributed by atoms with Gasteiger partial charge in [-0.1, -0.05) is 66.7 Å². The topological polar surface area (TPSA) is 46.9 Å². The zero-order valence-electron chi connectivity index (χ0n) is 19.2. The number of alkyl halides is 3. The number of aromatic nitrogens is 2. The Morgan fingerprint density at radius 2 is 1.67 bits per heavy atom. The van der Waals surface area contributed by atoms with Crippen LogP contribution in [0.25, 0.3) is 11.1 Å². The molecular weight excluding hydrogens is 470 g/mol. The molecule has 3 aromatic carbocycles. The minimum Gasteiger partial charge on any atom is -0.363 e. The third-order valence-electron chi connectivity index (χ3n) is 6.53. The number of benzene rings is 3. The maximum atomic E-state index is 13.9. The third kappa shape index (κ3) is 4.76. The van der Waals surface area contributed by atoms with Crippen LogP contribution in [0.3, 0.4) is 0 Å². The van der Waals surface area contributed by atoms with Crippen LogP contribution in [0.5, 0.6) is 0 Å². The van der Waals surface area contributed by atoms with Crippen LogP contribution in [0.15, 0.2) is 85.1 Å². The van der Waals surface area contributed by atoms with Crippen LogP contribution in [0.2, 0.25) is 0 Å². The summed E-state index contributed by atoms with van der Waals surface area (Å²) in [4.78, 5) is 13.2. The minimum absolute atomic E-state index is 0.0886. The van der Waals surface area contributed by atoms with Gasteiger partial charge in [-0.15, -0.1) is 0 Å². The molecule has 2 atom stereocenters. The molecule has 1 aliphatic heterocycles. The smallest absolute Gasteiger partial charge is 0.363 e. The Morgan fingerprint density at radius 1 is 0.972 bits per heavy atom. The zero-order valence-corrected chi connectivity index (χ0v) is 19.2. The highest BCUT2D eigenvalue weighted by molar-refractivity contribution is 6.00. The maximum absolute atomic E-state index is 13.9. The van der Waals surface area contributed by atoms with Crippen molar-refractivity contribution < 1.29 is 22.4 Å². The number of anilines is 1. The molecule has 36 heavy (non-hydrogen) atoms. The highest BCUT2D eigenvalue weighted by atomic mass is 19.4. The lowest BCUT2D eigenvalue weighted by molar-refractivity contribution is -0.173. The van der Waals surface area contributed by atoms with E-state index in [-0.39, 0.29) is 35.8 Å². The number of Topliss-reactive ketones (excluding diaryl/α,β-unsaturated/α-hetero) is 1. The minimum atomic E-state index is -4.51. The van der Waals surface area contributed by atoms with E-state index in [0.29, 0.717) is 12.0 Å². The first kappa shape index (κ1) is 23.8. The normalized spacial score (nSPS) is 17.3. The molecular formula is C28H23F4N3O. The standard InChI is InChI=1S/C28H23F4N3O/c29-21-13-10-19(11-14-21)22-9-5-4-6-18(22)12-15-25(36)23-17-33-35-26(28(30,31)32)16-24(34-27(23)35)20-7-2-1-3-8-20/h1-11,13-14,17,24,26,34H,12,15-16H2. The summed E-state index contributed by atoms with van der Waals surface area (Å²) in [7, 11) is 0. The predicted octanol–water partition coefficient (Wildman–Crippen LogP) is 7.17. The Balaban J connectivity index is 1.40. The average Bonchev–Trinajstić information content (AvgIpc) is 3.31. The Bertz CT molecular complexity index is 1360. The van der Waals surface area contributed by atoms with Crippen LogP contribution < -0.4 is 5.32 Å². The Morgan fingerprint density at radius 3 is 2.39 bits per heavy atom. The van der Waals surface area contributed by atoms with Gasteiger partial charge in [0, 0.05) is 12.8 Å². The molecule has 0 saturated heterocycles. The van der Waals surface area contributed by atoms with Crippen LogP contribution in [0.4, 0.5) is 23.4 Å². The van der Waals surface area contributed by atoms with Gasteiger partial charge in [0.1, 0.15) is 11.6 Å². The summed E-state index contributed by atoms with van der Waals surface area (Å²) in [5.74, 6) is -0.544. The van der Waals surface area contributed by atoms with Crippen molar-refractivity contribution in [3.05, 3.63) is 108 Å². The first-order valence-electron chi connectivity index (χ1n) is 11.6. The molecule has 184 valence electrons. The summed E-state index contributed by atoms with van der Waals surface area (Å²) in [5.41, 5.74) is 3.45. The summed E-state index contributed by atoms with van der Waals surface area (Å²) in [5, 5.41) is 7.09. The van der Waals surface area contributed by atoms with Gasteiger partial charge in [0.25, 0.3) is 0 Å². The summed E-state index contributed by atoms with van der Waals surface area (Å²) < 4.78 is 56.0. The zero-order chi connectivity index (χ0) is 25.3. The Hall–Kier alpha value is -3.94. The molecule has 0 bridgehead atoms. The number of rotatable bonds is 6. The van der Waals surface area contributed by atoms with Crippen LogP contribution in [0, 0.1) is 5.82 Å². The van der Waals surface area contributed by atoms with Gasteiger partial charge >= 0.3 is 6.18 Å². The SMILES string of the molecule is O=C(CCc1ccccc1-c1ccc(F)cc1)c1cnn2c1NC(c1ccccc1)CC2C(F)(F)F. The van der Waals surface area contributed by atoms with E-state index in [1.807, 2.05) is 24.3 Å². The van der Waals surface area contributed by atoms with Crippen molar-refractivity contribution in [2.45, 2.75) is 37.5 Å². The number of hydrogen-bond acceptors (Lipinski definition) is 3. The average molecular weight is 494 g/mol. The van der Waals surface area contributed by atoms with Crippen molar-refractivity contribution >= 4 is 11.6 Å². The molecule has 1 N–H and O–H groups in total. The second-order valence-electron chi connectivity index (χ2n) is 8.84. The first-order valence-corrected chi connectivity index (χ1v) is 11.6. The molecule has 1 aliphatic rings. The molecule has 5 rings (SSSR count). The largest absolute Gasteiger partial charge is 0.410 e. The predicted molar refractivity (Wildman–Crippen MR) is 129 cm³/mol. The number of carbonyl (C=O) groups is 1. The Labute approximate surface area is 205 Å². The summed E-state index contributed by atoms with van der Waals surface area (Å²) in [6.45, 7) is 0. The van der Waals surface area contributed by atoms with E-state index in [1.54, 1.807) is 42.5 Å². The van der Waals surface area contributed by atoms with E-state index in [9.17, 15) is 22.4 Å². The van der Waals surface area contributed by atoms with E-state index in [4.69, 9.17) is 0 Å². The molecule has 8 heteroatoms. The number of halogens is 4. The molecule has 0 radical (unpaired) electrons. The van der Waals surface area contributed by atoms with Crippen molar-refractivity contribution in [2.24, 2.45) is 0 Å². The van der Waals surface area contributed by atoms with Crippen molar-refractivity contribution in [1.82, 2.24) is 9.78 Å². The second kappa shape index (κ2) is 9.60. The van der Waals surface area contributed by atoms with Gasteiger partial charge < -0.3 is 5.32 Å². The first-order chi connectivity index (χ1) is 17.3. The summed E-state index contributed by atoms with van der Waals surface area (Å²) in [6.07, 6.45) is -3.04. The van der Waals surface area contributed by atoms with Crippen LogP contribution in [-0.4, -0.2) is 21.7 Å². The number of aryl methyl sites for hydroxylation is 1. The molecule has 0 saturated carbocycles. The second-order valence-corrected chi connectivity index (χ2v) is 8.84. The van der Waals surface area contributed by atoms with Crippen LogP contribution >= 0.6 is 0 Å². The van der Waals surface area contributed by atoms with E-state index >= 15 is 0 Å². The van der Waals surface area contributed by atoms with E-state index in [0.717, 1.165) is 21.4 Å². The van der Waals surface area contributed by atoms with Crippen molar-refractivity contribution in [2.75, 3.05) is 5.32 Å². The number of hydrogen-bond donors (Lipinski definition) is 1. The fourth-order valence-corrected chi connectivity index (χ4v) is 4.70. The van der Waals surface area contributed by atoms with Gasteiger partial charge in [0.15, 0.2) is 11.8 Å². The molecule has 0 fully saturated rings. The molecule has 0 aliphatic carbocycles. The van der Waals surface area contributed by atoms with E-state index in [1.165, 1.54) is 18.3 Å². The molecule has 4 aromatic rings. The van der Waals surface area contributed by atoms with Crippen molar-refractivity contribution in [1.29, 1.82) is 0 Å². The fraction of sp³-hybridized carbons (Fsp3) is 0.214. The van der Waals surface area contributed by atoms with Gasteiger partial charge in [0.05, 0.1) is 17.8 Å². The number of nitrogens with one attached hydrogen (secondary N) is 1. The Kier molecular flexibility index (Phi) is 6.35. The molecule has 2 heterocycles. The summed E-state index contributed by atoms with van der Waals surface area (Å²) in [6, 6.07) is 20.1. The van der Waals surface area contributed by atoms with Crippen molar-refractivity contribution in [3.63, 3.8) is 0 Å². The van der Waals surface area contributed by atoms with Gasteiger partial charge in [-0.05, 0) is 40.8 Å². The maximum Gasteiger partial charge on any atom is 0.410 e. The molecule has 2 unspecified atom stereocenters. The third-order valence-corrected chi connectivity index (χ3v) is 6.53. The lowest BCUT2D eigenvalue weighted by Crippen LogP contribution is -2.36. The van der Waals surface area contributed by atoms with Crippen LogP contribution in [0.1, 0.15) is 46.4 Å². The van der Waals surface area contributed by atoms with Gasteiger partial charge in [-0.3, -0.25) is 4.79 Å². The number of nitrogens with zero attached hydrogens (tertiary/aromatic N) is 2. The highest BCUT2D eigenvalue weighted by Crippen LogP contribution is 2.44. The fourth-order valence-electron chi connectivity index (χ4n) is 4.70. The number of ketones is 1. The quantitative estimate of drug-likeness (QED) is 0.229. The lowest BCUT2D eigenvalue weighted by atomic mass is 9.94. The van der Waals surface area contributed by atoms with E-state index < -0.39 is 18.3 Å². The number of fused-ring (bicyclic) bond motifs is 1. The molecule has 0 amide bonds. The lowest BCUT2D eigenvalue weighted by Gasteiger charge is -2.34. The summed E-state index contributed by atoms with van der Waals surface area (Å²) >= 11 is 0. The molecule has 1 aromatic heterocycles. The molecule has 0 spiro atoms. The van der Waals surface area contributed by atoms with E-state index in [2.05, 4.69) is 10.4 Å². The van der Waals surface area contributed by atoms with Gasteiger partial charge in [-0.2, -0.15) is 18.3 Å². The van der Waals surface area contributed by atoms with Crippen LogP contribution in [-0.2, 0) is 6.42 Å². The highest BCUT2D eigenvalue weighted by Gasteiger charge is 2.47. The van der Waals surface area contributed by atoms with Gasteiger partial charge in [-0.25, -0.2) is 9.07 Å². The van der Waals surface area contributed by atoms with Crippen molar-refractivity contribution in [3.8, 4) is 11.1 Å². The monoisotopic (exact) mass is 493 g/mol. The molecule has 4 nitrogen and oxygen atoms in total.